The molecule has 84 valence electrons. The van der Waals surface area contributed by atoms with Gasteiger partial charge in [-0.15, -0.1) is 0 Å². The molecule has 0 heterocycles. The molecule has 1 rings (SSSR count). The summed E-state index contributed by atoms with van der Waals surface area (Å²) in [6.07, 6.45) is 1.16. The van der Waals surface area contributed by atoms with Crippen LogP contribution in [0.5, 0.6) is 0 Å². The van der Waals surface area contributed by atoms with Crippen molar-refractivity contribution in [2.75, 3.05) is 27.2 Å². The van der Waals surface area contributed by atoms with Crippen LogP contribution in [0.4, 0.5) is 0 Å². The lowest BCUT2D eigenvalue weighted by molar-refractivity contribution is 0.326. The highest BCUT2D eigenvalue weighted by atomic mass is 15.1. The van der Waals surface area contributed by atoms with Gasteiger partial charge in [0.2, 0.25) is 0 Å². The summed E-state index contributed by atoms with van der Waals surface area (Å²) >= 11 is 0. The van der Waals surface area contributed by atoms with Crippen LogP contribution in [0.25, 0.3) is 0 Å². The van der Waals surface area contributed by atoms with Crippen LogP contribution in [-0.2, 0) is 0 Å². The lowest BCUT2D eigenvalue weighted by Crippen LogP contribution is -2.25. The maximum Gasteiger partial charge on any atom is 0.0329 e. The highest BCUT2D eigenvalue weighted by Crippen LogP contribution is 2.15. The average Bonchev–Trinajstić information content (AvgIpc) is 2.31. The van der Waals surface area contributed by atoms with Gasteiger partial charge in [0.1, 0.15) is 0 Å². The van der Waals surface area contributed by atoms with E-state index in [9.17, 15) is 0 Å². The first-order valence-electron chi connectivity index (χ1n) is 5.68. The molecule has 0 bridgehead atoms. The molecule has 0 spiro atoms. The van der Waals surface area contributed by atoms with Gasteiger partial charge in [0.05, 0.1) is 0 Å². The number of hydrogen-bond donors (Lipinski definition) is 1. The summed E-state index contributed by atoms with van der Waals surface area (Å²) in [5.74, 6) is 0. The lowest BCUT2D eigenvalue weighted by Gasteiger charge is -2.20. The molecule has 2 nitrogen and oxygen atoms in total. The summed E-state index contributed by atoms with van der Waals surface area (Å²) in [5.41, 5.74) is 1.38. The van der Waals surface area contributed by atoms with Crippen molar-refractivity contribution in [3.8, 4) is 0 Å². The Morgan fingerprint density at radius 1 is 1.27 bits per heavy atom. The van der Waals surface area contributed by atoms with Gasteiger partial charge in [-0.25, -0.2) is 0 Å². The fourth-order valence-corrected chi connectivity index (χ4v) is 1.67. The molecule has 0 saturated carbocycles. The van der Waals surface area contributed by atoms with E-state index in [-0.39, 0.29) is 0 Å². The Labute approximate surface area is 93.3 Å². The Balaban J connectivity index is 2.50. The first kappa shape index (κ1) is 12.2. The Bertz CT molecular complexity index is 258. The Hall–Kier alpha value is -0.860. The topological polar surface area (TPSA) is 15.3 Å². The zero-order valence-electron chi connectivity index (χ0n) is 10.0. The predicted octanol–water partition coefficient (Wildman–Crippen LogP) is 2.29. The highest BCUT2D eigenvalue weighted by molar-refractivity contribution is 5.18. The molecule has 1 aromatic carbocycles. The molecular weight excluding hydrogens is 184 g/mol. The maximum absolute atomic E-state index is 3.37. The summed E-state index contributed by atoms with van der Waals surface area (Å²) < 4.78 is 0. The van der Waals surface area contributed by atoms with E-state index in [1.54, 1.807) is 0 Å². The van der Waals surface area contributed by atoms with Crippen molar-refractivity contribution in [2.24, 2.45) is 0 Å². The van der Waals surface area contributed by atoms with Crippen molar-refractivity contribution in [1.29, 1.82) is 0 Å². The van der Waals surface area contributed by atoms with Crippen molar-refractivity contribution in [1.82, 2.24) is 10.2 Å². The zero-order valence-corrected chi connectivity index (χ0v) is 10.0. The highest BCUT2D eigenvalue weighted by Gasteiger charge is 2.08. The standard InChI is InChI=1S/C13H22N2/c1-4-15(3)11-10-13(14-2)12-8-6-5-7-9-12/h5-9,13-14H,4,10-11H2,1-3H3. The molecule has 2 heteroatoms. The lowest BCUT2D eigenvalue weighted by atomic mass is 10.0. The summed E-state index contributed by atoms with van der Waals surface area (Å²) in [6, 6.07) is 11.1. The van der Waals surface area contributed by atoms with Crippen molar-refractivity contribution in [2.45, 2.75) is 19.4 Å². The van der Waals surface area contributed by atoms with Crippen LogP contribution in [0.15, 0.2) is 30.3 Å². The summed E-state index contributed by atoms with van der Waals surface area (Å²) in [4.78, 5) is 2.34. The molecule has 0 fully saturated rings. The fraction of sp³-hybridized carbons (Fsp3) is 0.538. The first-order chi connectivity index (χ1) is 7.27. The molecule has 15 heavy (non-hydrogen) atoms. The van der Waals surface area contributed by atoms with Crippen LogP contribution in [0.1, 0.15) is 24.9 Å². The molecule has 0 aliphatic rings. The largest absolute Gasteiger partial charge is 0.313 e. The molecule has 1 unspecified atom stereocenters. The summed E-state index contributed by atoms with van der Waals surface area (Å²) in [5, 5.41) is 3.37. The monoisotopic (exact) mass is 206 g/mol. The minimum absolute atomic E-state index is 0.472. The van der Waals surface area contributed by atoms with Gasteiger partial charge in [0.15, 0.2) is 0 Å². The second-order valence-electron chi connectivity index (χ2n) is 3.94. The minimum atomic E-state index is 0.472. The smallest absolute Gasteiger partial charge is 0.0329 e. The van der Waals surface area contributed by atoms with E-state index in [1.165, 1.54) is 5.56 Å². The van der Waals surface area contributed by atoms with Crippen LogP contribution < -0.4 is 5.32 Å². The van der Waals surface area contributed by atoms with Gasteiger partial charge >= 0.3 is 0 Å². The molecule has 1 atom stereocenters. The minimum Gasteiger partial charge on any atom is -0.313 e. The SMILES string of the molecule is CCN(C)CCC(NC)c1ccccc1. The Kier molecular flexibility index (Phi) is 5.37. The fourth-order valence-electron chi connectivity index (χ4n) is 1.67. The third-order valence-electron chi connectivity index (χ3n) is 2.89. The Morgan fingerprint density at radius 3 is 2.47 bits per heavy atom. The molecule has 0 amide bonds. The van der Waals surface area contributed by atoms with Crippen molar-refractivity contribution < 1.29 is 0 Å². The molecule has 0 aliphatic heterocycles. The third kappa shape index (κ3) is 4.02. The first-order valence-corrected chi connectivity index (χ1v) is 5.68. The average molecular weight is 206 g/mol. The molecular formula is C13H22N2. The summed E-state index contributed by atoms with van der Waals surface area (Å²) in [7, 11) is 4.20. The van der Waals surface area contributed by atoms with Crippen molar-refractivity contribution in [3.63, 3.8) is 0 Å². The van der Waals surface area contributed by atoms with E-state index >= 15 is 0 Å². The molecule has 1 aromatic rings. The van der Waals surface area contributed by atoms with Crippen LogP contribution in [-0.4, -0.2) is 32.1 Å². The van der Waals surface area contributed by atoms with E-state index in [0.29, 0.717) is 6.04 Å². The van der Waals surface area contributed by atoms with E-state index in [0.717, 1.165) is 19.5 Å². The van der Waals surface area contributed by atoms with Crippen molar-refractivity contribution in [3.05, 3.63) is 35.9 Å². The van der Waals surface area contributed by atoms with Gasteiger partial charge in [-0.3, -0.25) is 0 Å². The van der Waals surface area contributed by atoms with Gasteiger partial charge in [-0.1, -0.05) is 37.3 Å². The molecule has 0 aromatic heterocycles. The Morgan fingerprint density at radius 2 is 1.93 bits per heavy atom. The van der Waals surface area contributed by atoms with Gasteiger partial charge in [0, 0.05) is 6.04 Å². The van der Waals surface area contributed by atoms with Crippen LogP contribution >= 0.6 is 0 Å². The normalized spacial score (nSPS) is 13.1. The molecule has 1 N–H and O–H groups in total. The van der Waals surface area contributed by atoms with E-state index in [1.807, 2.05) is 7.05 Å². The predicted molar refractivity (Wildman–Crippen MR) is 66.0 cm³/mol. The summed E-state index contributed by atoms with van der Waals surface area (Å²) in [6.45, 7) is 4.44. The number of benzene rings is 1. The zero-order chi connectivity index (χ0) is 11.1. The number of nitrogens with one attached hydrogen (secondary N) is 1. The van der Waals surface area contributed by atoms with E-state index in [4.69, 9.17) is 0 Å². The van der Waals surface area contributed by atoms with Crippen LogP contribution in [0.3, 0.4) is 0 Å². The number of nitrogens with zero attached hydrogens (tertiary/aromatic N) is 1. The van der Waals surface area contributed by atoms with E-state index < -0.39 is 0 Å². The van der Waals surface area contributed by atoms with Gasteiger partial charge < -0.3 is 10.2 Å². The van der Waals surface area contributed by atoms with Gasteiger partial charge in [-0.05, 0) is 39.2 Å². The number of hydrogen-bond acceptors (Lipinski definition) is 2. The van der Waals surface area contributed by atoms with Gasteiger partial charge in [0.25, 0.3) is 0 Å². The second kappa shape index (κ2) is 6.59. The second-order valence-corrected chi connectivity index (χ2v) is 3.94. The maximum atomic E-state index is 3.37. The number of rotatable bonds is 6. The quantitative estimate of drug-likeness (QED) is 0.768. The molecule has 0 radical (unpaired) electrons. The molecule has 0 saturated heterocycles. The van der Waals surface area contributed by atoms with Crippen LogP contribution in [0.2, 0.25) is 0 Å². The van der Waals surface area contributed by atoms with Crippen LogP contribution in [0, 0.1) is 0 Å². The third-order valence-corrected chi connectivity index (χ3v) is 2.89. The van der Waals surface area contributed by atoms with Crippen molar-refractivity contribution >= 4 is 0 Å². The molecule has 0 aliphatic carbocycles. The van der Waals surface area contributed by atoms with Gasteiger partial charge in [-0.2, -0.15) is 0 Å². The van der Waals surface area contributed by atoms with E-state index in [2.05, 4.69) is 54.5 Å².